The summed E-state index contributed by atoms with van der Waals surface area (Å²) >= 11 is 1.24. The Balaban J connectivity index is 2.67. The SMILES string of the molecule is CC(=O)N[C@@H](CCS(C)(=O)=O)C(=O)Nc1nccs1. The zero-order valence-corrected chi connectivity index (χ0v) is 12.2. The Kier molecular flexibility index (Phi) is 5.43. The molecule has 7 nitrogen and oxygen atoms in total. The average molecular weight is 305 g/mol. The summed E-state index contributed by atoms with van der Waals surface area (Å²) in [4.78, 5) is 26.8. The molecule has 1 atom stereocenters. The van der Waals surface area contributed by atoms with Crippen LogP contribution in [0.5, 0.6) is 0 Å². The smallest absolute Gasteiger partial charge is 0.248 e. The Morgan fingerprint density at radius 2 is 2.16 bits per heavy atom. The molecule has 0 unspecified atom stereocenters. The van der Waals surface area contributed by atoms with E-state index in [1.807, 2.05) is 0 Å². The maximum absolute atomic E-state index is 11.9. The molecule has 0 radical (unpaired) electrons. The van der Waals surface area contributed by atoms with Crippen LogP contribution in [0.1, 0.15) is 13.3 Å². The van der Waals surface area contributed by atoms with Gasteiger partial charge >= 0.3 is 0 Å². The van der Waals surface area contributed by atoms with Crippen molar-refractivity contribution < 1.29 is 18.0 Å². The number of thiazole rings is 1. The zero-order valence-electron chi connectivity index (χ0n) is 10.5. The second-order valence-corrected chi connectivity index (χ2v) is 7.15. The lowest BCUT2D eigenvalue weighted by Gasteiger charge is -2.16. The van der Waals surface area contributed by atoms with E-state index < -0.39 is 27.7 Å². The number of hydrogen-bond acceptors (Lipinski definition) is 6. The molecule has 0 aliphatic rings. The molecule has 2 N–H and O–H groups in total. The van der Waals surface area contributed by atoms with Gasteiger partial charge in [0.05, 0.1) is 5.75 Å². The van der Waals surface area contributed by atoms with Crippen molar-refractivity contribution in [2.24, 2.45) is 0 Å². The second kappa shape index (κ2) is 6.62. The molecule has 1 aromatic heterocycles. The van der Waals surface area contributed by atoms with Crippen LogP contribution in [0.4, 0.5) is 5.13 Å². The van der Waals surface area contributed by atoms with Crippen molar-refractivity contribution in [3.63, 3.8) is 0 Å². The van der Waals surface area contributed by atoms with Crippen molar-refractivity contribution in [2.75, 3.05) is 17.3 Å². The first kappa shape index (κ1) is 15.6. The molecular formula is C10H15N3O4S2. The summed E-state index contributed by atoms with van der Waals surface area (Å²) in [6.07, 6.45) is 2.64. The fourth-order valence-electron chi connectivity index (χ4n) is 1.32. The number of carbonyl (C=O) groups excluding carboxylic acids is 2. The molecule has 0 fully saturated rings. The lowest BCUT2D eigenvalue weighted by molar-refractivity contribution is -0.125. The fraction of sp³-hybridized carbons (Fsp3) is 0.500. The third-order valence-corrected chi connectivity index (χ3v) is 3.80. The molecule has 0 aromatic carbocycles. The topological polar surface area (TPSA) is 105 Å². The molecular weight excluding hydrogens is 290 g/mol. The maximum Gasteiger partial charge on any atom is 0.248 e. The largest absolute Gasteiger partial charge is 0.345 e. The first-order chi connectivity index (χ1) is 8.78. The van der Waals surface area contributed by atoms with Crippen LogP contribution in [0.15, 0.2) is 11.6 Å². The Morgan fingerprint density at radius 3 is 2.63 bits per heavy atom. The average Bonchev–Trinajstić information content (AvgIpc) is 2.75. The van der Waals surface area contributed by atoms with Gasteiger partial charge in [0.15, 0.2) is 5.13 Å². The van der Waals surface area contributed by atoms with Gasteiger partial charge in [-0.25, -0.2) is 13.4 Å². The number of aromatic nitrogens is 1. The highest BCUT2D eigenvalue weighted by atomic mass is 32.2. The van der Waals surface area contributed by atoms with Crippen molar-refractivity contribution in [1.29, 1.82) is 0 Å². The van der Waals surface area contributed by atoms with E-state index in [0.29, 0.717) is 5.13 Å². The predicted octanol–water partition coefficient (Wildman–Crippen LogP) is 0.0210. The van der Waals surface area contributed by atoms with E-state index in [9.17, 15) is 18.0 Å². The van der Waals surface area contributed by atoms with Crippen LogP contribution in [0.3, 0.4) is 0 Å². The molecule has 0 aliphatic heterocycles. The Labute approximate surface area is 115 Å². The van der Waals surface area contributed by atoms with Gasteiger partial charge in [0.2, 0.25) is 11.8 Å². The quantitative estimate of drug-likeness (QED) is 0.771. The van der Waals surface area contributed by atoms with Crippen molar-refractivity contribution in [3.8, 4) is 0 Å². The van der Waals surface area contributed by atoms with Gasteiger partial charge in [-0.1, -0.05) is 0 Å². The molecule has 106 valence electrons. The molecule has 2 amide bonds. The van der Waals surface area contributed by atoms with Crippen molar-refractivity contribution >= 4 is 38.1 Å². The minimum absolute atomic E-state index is 0.0234. The molecule has 0 spiro atoms. The number of nitrogens with zero attached hydrogens (tertiary/aromatic N) is 1. The van der Waals surface area contributed by atoms with Gasteiger partial charge in [-0.2, -0.15) is 0 Å². The van der Waals surface area contributed by atoms with Crippen molar-refractivity contribution in [3.05, 3.63) is 11.6 Å². The third kappa shape index (κ3) is 6.30. The Morgan fingerprint density at radius 1 is 1.47 bits per heavy atom. The van der Waals surface area contributed by atoms with E-state index in [1.54, 1.807) is 5.38 Å². The summed E-state index contributed by atoms with van der Waals surface area (Å²) < 4.78 is 22.2. The molecule has 1 aromatic rings. The number of nitrogens with one attached hydrogen (secondary N) is 2. The van der Waals surface area contributed by atoms with E-state index >= 15 is 0 Å². The van der Waals surface area contributed by atoms with Gasteiger partial charge in [0.1, 0.15) is 15.9 Å². The molecule has 9 heteroatoms. The van der Waals surface area contributed by atoms with Gasteiger partial charge in [-0.15, -0.1) is 11.3 Å². The number of anilines is 1. The summed E-state index contributed by atoms with van der Waals surface area (Å²) in [5.74, 6) is -1.05. The molecule has 0 bridgehead atoms. The van der Waals surface area contributed by atoms with Crippen LogP contribution in [0.25, 0.3) is 0 Å². The lowest BCUT2D eigenvalue weighted by Crippen LogP contribution is -2.43. The van der Waals surface area contributed by atoms with Crippen LogP contribution < -0.4 is 10.6 Å². The van der Waals surface area contributed by atoms with E-state index in [0.717, 1.165) is 6.26 Å². The summed E-state index contributed by atoms with van der Waals surface area (Å²) in [5, 5.41) is 7.05. The molecule has 1 rings (SSSR count). The third-order valence-electron chi connectivity index (χ3n) is 2.13. The molecule has 19 heavy (non-hydrogen) atoms. The minimum atomic E-state index is -3.19. The first-order valence-electron chi connectivity index (χ1n) is 5.43. The fourth-order valence-corrected chi connectivity index (χ4v) is 2.52. The highest BCUT2D eigenvalue weighted by Crippen LogP contribution is 2.11. The lowest BCUT2D eigenvalue weighted by atomic mass is 10.2. The van der Waals surface area contributed by atoms with E-state index in [2.05, 4.69) is 15.6 Å². The number of carbonyl (C=O) groups is 2. The number of hydrogen-bond donors (Lipinski definition) is 2. The van der Waals surface area contributed by atoms with Crippen LogP contribution >= 0.6 is 11.3 Å². The van der Waals surface area contributed by atoms with E-state index in [-0.39, 0.29) is 12.2 Å². The molecule has 0 saturated carbocycles. The van der Waals surface area contributed by atoms with Crippen LogP contribution in [-0.4, -0.2) is 43.3 Å². The van der Waals surface area contributed by atoms with Gasteiger partial charge in [0.25, 0.3) is 0 Å². The monoisotopic (exact) mass is 305 g/mol. The summed E-state index contributed by atoms with van der Waals surface area (Å²) in [5.41, 5.74) is 0. The minimum Gasteiger partial charge on any atom is -0.345 e. The zero-order chi connectivity index (χ0) is 14.5. The number of amides is 2. The predicted molar refractivity (Wildman–Crippen MR) is 72.7 cm³/mol. The van der Waals surface area contributed by atoms with Crippen molar-refractivity contribution in [2.45, 2.75) is 19.4 Å². The van der Waals surface area contributed by atoms with Crippen LogP contribution in [0, 0.1) is 0 Å². The van der Waals surface area contributed by atoms with Crippen molar-refractivity contribution in [1.82, 2.24) is 10.3 Å². The molecule has 1 heterocycles. The van der Waals surface area contributed by atoms with Gasteiger partial charge in [-0.3, -0.25) is 9.59 Å². The second-order valence-electron chi connectivity index (χ2n) is 4.00. The summed E-state index contributed by atoms with van der Waals surface area (Å²) in [6.45, 7) is 1.27. The Bertz CT molecular complexity index is 539. The van der Waals surface area contributed by atoms with Gasteiger partial charge in [0, 0.05) is 24.8 Å². The van der Waals surface area contributed by atoms with E-state index in [4.69, 9.17) is 0 Å². The maximum atomic E-state index is 11.9. The Hall–Kier alpha value is -1.48. The number of sulfone groups is 1. The van der Waals surface area contributed by atoms with Crippen LogP contribution in [0.2, 0.25) is 0 Å². The normalized spacial score (nSPS) is 12.7. The number of rotatable bonds is 6. The summed E-state index contributed by atoms with van der Waals surface area (Å²) in [7, 11) is -3.19. The highest BCUT2D eigenvalue weighted by Gasteiger charge is 2.21. The van der Waals surface area contributed by atoms with Gasteiger partial charge < -0.3 is 10.6 Å². The molecule has 0 saturated heterocycles. The van der Waals surface area contributed by atoms with Crippen LogP contribution in [-0.2, 0) is 19.4 Å². The standard InChI is InChI=1S/C10H15N3O4S2/c1-7(14)12-8(3-6-19(2,16)17)9(15)13-10-11-4-5-18-10/h4-5,8H,3,6H2,1-2H3,(H,12,14)(H,11,13,15)/t8-/m0/s1. The summed E-state index contributed by atoms with van der Waals surface area (Å²) in [6, 6.07) is -0.892. The highest BCUT2D eigenvalue weighted by molar-refractivity contribution is 7.90. The molecule has 0 aliphatic carbocycles. The van der Waals surface area contributed by atoms with E-state index in [1.165, 1.54) is 24.5 Å². The van der Waals surface area contributed by atoms with Gasteiger partial charge in [-0.05, 0) is 6.42 Å². The first-order valence-corrected chi connectivity index (χ1v) is 8.37.